The fraction of sp³-hybridized carbons (Fsp3) is 0.184. The number of alkyl halides is 3. The average molecular weight is 783 g/mol. The van der Waals surface area contributed by atoms with E-state index in [9.17, 15) is 33.6 Å². The Kier molecular flexibility index (Phi) is 13.9. The number of Topliss-reactive ketones (excluding diaryl/α,β-unsaturated/α-hetero) is 1. The van der Waals surface area contributed by atoms with Gasteiger partial charge in [-0.05, 0) is 35.4 Å². The van der Waals surface area contributed by atoms with Crippen LogP contribution in [-0.2, 0) is 20.8 Å². The van der Waals surface area contributed by atoms with Crippen molar-refractivity contribution in [1.82, 2.24) is 0 Å². The second-order valence-electron chi connectivity index (χ2n) is 11.4. The van der Waals surface area contributed by atoms with Gasteiger partial charge in [-0.15, -0.1) is 34.8 Å². The quantitative estimate of drug-likeness (QED) is 0.0809. The molecular formula is C38H31Cl4N3O7. The first-order valence-electron chi connectivity index (χ1n) is 15.7. The number of carbonyl (C=O) groups excluding carboxylic acids is 7. The number of benzene rings is 4. The number of hydrogen-bond acceptors (Lipinski definition) is 9. The molecule has 1 amide bonds. The van der Waals surface area contributed by atoms with Crippen LogP contribution in [0.15, 0.2) is 72.8 Å². The highest BCUT2D eigenvalue weighted by Crippen LogP contribution is 2.35. The number of amides is 1. The Bertz CT molecular complexity index is 2120. The molecule has 0 fully saturated rings. The molecule has 10 nitrogen and oxygen atoms in total. The number of hydrogen-bond donors (Lipinski definition) is 3. The molecule has 0 saturated heterocycles. The third kappa shape index (κ3) is 8.77. The van der Waals surface area contributed by atoms with Gasteiger partial charge in [0.2, 0.25) is 11.1 Å². The van der Waals surface area contributed by atoms with Crippen LogP contribution in [0.2, 0.25) is 0 Å². The fourth-order valence-corrected chi connectivity index (χ4v) is 6.26. The summed E-state index contributed by atoms with van der Waals surface area (Å²) in [5, 5.41) is 2.32. The standard InChI is InChI=1S/C21H17Cl2NO4.C14H10N2O2.C3H4Cl2O/c22-9-7-13(25)11-12-5-6-16-18(19(12)24-17(26)8-10-23)21(28)15-4-2-1-3-14(15)20(16)27;15-10-6-5-9-11(12(10)16)14(18)8-4-2-1-3-7(8)13(9)17;4-2-1-3(5)6/h1-6H,7-11H2,(H,24,26);1-6H,15-16H2;1-2H2. The molecule has 0 atom stereocenters. The van der Waals surface area contributed by atoms with E-state index in [-0.39, 0.29) is 105 Å². The molecule has 4 aromatic carbocycles. The van der Waals surface area contributed by atoms with E-state index in [0.29, 0.717) is 39.4 Å². The molecule has 4 aromatic rings. The van der Waals surface area contributed by atoms with E-state index in [1.807, 2.05) is 0 Å². The second-order valence-corrected chi connectivity index (χ2v) is 12.9. The van der Waals surface area contributed by atoms with Crippen LogP contribution in [0, 0.1) is 0 Å². The molecular weight excluding hydrogens is 752 g/mol. The lowest BCUT2D eigenvalue weighted by Crippen LogP contribution is -2.25. The molecule has 2 aliphatic rings. The Hall–Kier alpha value is -4.87. The molecule has 52 heavy (non-hydrogen) atoms. The largest absolute Gasteiger partial charge is 0.397 e. The molecule has 14 heteroatoms. The van der Waals surface area contributed by atoms with Crippen molar-refractivity contribution in [2.75, 3.05) is 34.4 Å². The summed E-state index contributed by atoms with van der Waals surface area (Å²) in [6, 6.07) is 19.5. The first-order chi connectivity index (χ1) is 24.9. The monoisotopic (exact) mass is 781 g/mol. The topological polar surface area (TPSA) is 184 Å². The second kappa shape index (κ2) is 18.1. The molecule has 0 bridgehead atoms. The predicted molar refractivity (Wildman–Crippen MR) is 203 cm³/mol. The normalized spacial score (nSPS) is 12.2. The van der Waals surface area contributed by atoms with Crippen molar-refractivity contribution in [3.05, 3.63) is 123 Å². The molecule has 6 rings (SSSR count). The van der Waals surface area contributed by atoms with Crippen molar-refractivity contribution in [2.45, 2.75) is 25.7 Å². The lowest BCUT2D eigenvalue weighted by atomic mass is 9.81. The summed E-state index contributed by atoms with van der Waals surface area (Å²) in [4.78, 5) is 84.7. The van der Waals surface area contributed by atoms with Crippen LogP contribution < -0.4 is 16.8 Å². The minimum atomic E-state index is -0.395. The van der Waals surface area contributed by atoms with E-state index in [1.165, 1.54) is 6.07 Å². The molecule has 2 aliphatic carbocycles. The number of anilines is 3. The maximum Gasteiger partial charge on any atom is 0.225 e. The van der Waals surface area contributed by atoms with Gasteiger partial charge < -0.3 is 16.8 Å². The number of halogens is 4. The van der Waals surface area contributed by atoms with Crippen molar-refractivity contribution in [2.24, 2.45) is 0 Å². The number of nitrogens with one attached hydrogen (secondary N) is 1. The Balaban J connectivity index is 0.000000214. The van der Waals surface area contributed by atoms with E-state index < -0.39 is 5.91 Å². The first kappa shape index (κ1) is 39.9. The minimum absolute atomic E-state index is 0.000391. The van der Waals surface area contributed by atoms with Gasteiger partial charge in [-0.3, -0.25) is 33.6 Å². The summed E-state index contributed by atoms with van der Waals surface area (Å²) in [6.45, 7) is 0. The van der Waals surface area contributed by atoms with Crippen LogP contribution in [0.3, 0.4) is 0 Å². The van der Waals surface area contributed by atoms with Crippen molar-refractivity contribution in [3.8, 4) is 0 Å². The number of rotatable bonds is 9. The van der Waals surface area contributed by atoms with Gasteiger partial charge >= 0.3 is 0 Å². The molecule has 0 aromatic heterocycles. The van der Waals surface area contributed by atoms with E-state index in [2.05, 4.69) is 5.32 Å². The fourth-order valence-electron chi connectivity index (χ4n) is 5.52. The van der Waals surface area contributed by atoms with Crippen LogP contribution in [0.1, 0.15) is 88.5 Å². The van der Waals surface area contributed by atoms with Gasteiger partial charge in [0.1, 0.15) is 5.78 Å². The lowest BCUT2D eigenvalue weighted by Gasteiger charge is -2.22. The van der Waals surface area contributed by atoms with Gasteiger partial charge in [-0.2, -0.15) is 0 Å². The van der Waals surface area contributed by atoms with E-state index in [4.69, 9.17) is 57.9 Å². The summed E-state index contributed by atoms with van der Waals surface area (Å²) in [5.41, 5.74) is 14.9. The zero-order valence-electron chi connectivity index (χ0n) is 27.4. The van der Waals surface area contributed by atoms with Gasteiger partial charge in [-0.25, -0.2) is 0 Å². The van der Waals surface area contributed by atoms with Gasteiger partial charge in [0, 0.05) is 76.7 Å². The van der Waals surface area contributed by atoms with Crippen molar-refractivity contribution >= 4 is 104 Å². The number of nitrogen functional groups attached to an aromatic ring is 2. The Morgan fingerprint density at radius 3 is 1.50 bits per heavy atom. The lowest BCUT2D eigenvalue weighted by molar-refractivity contribution is -0.118. The molecule has 0 saturated carbocycles. The Morgan fingerprint density at radius 2 is 1.02 bits per heavy atom. The Labute approximate surface area is 318 Å². The van der Waals surface area contributed by atoms with Gasteiger partial charge in [0.25, 0.3) is 0 Å². The van der Waals surface area contributed by atoms with Crippen molar-refractivity contribution < 1.29 is 33.6 Å². The number of carbonyl (C=O) groups is 7. The third-order valence-corrected chi connectivity index (χ3v) is 8.74. The number of ketones is 5. The van der Waals surface area contributed by atoms with E-state index >= 15 is 0 Å². The predicted octanol–water partition coefficient (Wildman–Crippen LogP) is 6.78. The summed E-state index contributed by atoms with van der Waals surface area (Å²) in [7, 11) is 0. The third-order valence-electron chi connectivity index (χ3n) is 7.98. The molecule has 0 aliphatic heterocycles. The highest BCUT2D eigenvalue weighted by atomic mass is 35.5. The minimum Gasteiger partial charge on any atom is -0.397 e. The first-order valence-corrected chi connectivity index (χ1v) is 17.7. The smallest absolute Gasteiger partial charge is 0.225 e. The number of nitrogens with two attached hydrogens (primary N) is 2. The van der Waals surface area contributed by atoms with Gasteiger partial charge in [0.05, 0.1) is 28.2 Å². The zero-order valence-corrected chi connectivity index (χ0v) is 30.4. The van der Waals surface area contributed by atoms with Gasteiger partial charge in [0.15, 0.2) is 23.1 Å². The Morgan fingerprint density at radius 1 is 0.558 bits per heavy atom. The molecule has 268 valence electrons. The molecule has 5 N–H and O–H groups in total. The SMILES string of the molecule is Nc1ccc2c(c1N)C(=O)c1ccccc1C2=O.O=C(CCCl)Cc1ccc2c(c1NC(=O)CCCl)C(=O)c1ccccc1C2=O.O=C(Cl)CCCl. The summed E-state index contributed by atoms with van der Waals surface area (Å²) < 4.78 is 0. The van der Waals surface area contributed by atoms with Gasteiger partial charge in [-0.1, -0.05) is 54.6 Å². The van der Waals surface area contributed by atoms with Crippen LogP contribution in [-0.4, -0.2) is 57.7 Å². The van der Waals surface area contributed by atoms with E-state index in [1.54, 1.807) is 66.7 Å². The van der Waals surface area contributed by atoms with Crippen LogP contribution in [0.5, 0.6) is 0 Å². The zero-order chi connectivity index (χ0) is 38.1. The van der Waals surface area contributed by atoms with Crippen LogP contribution >= 0.6 is 46.4 Å². The molecule has 0 heterocycles. The van der Waals surface area contributed by atoms with Crippen molar-refractivity contribution in [3.63, 3.8) is 0 Å². The molecule has 0 unspecified atom stereocenters. The molecule has 0 radical (unpaired) electrons. The average Bonchev–Trinajstić information content (AvgIpc) is 3.12. The maximum atomic E-state index is 13.1. The number of fused-ring (bicyclic) bond motifs is 4. The van der Waals surface area contributed by atoms with Crippen molar-refractivity contribution in [1.29, 1.82) is 0 Å². The highest BCUT2D eigenvalue weighted by molar-refractivity contribution is 6.63. The van der Waals surface area contributed by atoms with Crippen LogP contribution in [0.25, 0.3) is 0 Å². The summed E-state index contributed by atoms with van der Waals surface area (Å²) >= 11 is 21.2. The summed E-state index contributed by atoms with van der Waals surface area (Å²) in [6.07, 6.45) is 0.477. The molecule has 0 spiro atoms. The summed E-state index contributed by atoms with van der Waals surface area (Å²) in [5.74, 6) is -1.00. The maximum absolute atomic E-state index is 13.1. The van der Waals surface area contributed by atoms with E-state index in [0.717, 1.165) is 0 Å². The van der Waals surface area contributed by atoms with Crippen LogP contribution in [0.4, 0.5) is 17.1 Å². The highest BCUT2D eigenvalue weighted by Gasteiger charge is 2.34.